The fourth-order valence-corrected chi connectivity index (χ4v) is 3.47. The Morgan fingerprint density at radius 3 is 2.24 bits per heavy atom. The summed E-state index contributed by atoms with van der Waals surface area (Å²) < 4.78 is 27.3. The fourth-order valence-electron chi connectivity index (χ4n) is 1.45. The van der Waals surface area contributed by atoms with Crippen LogP contribution in [-0.2, 0) is 34.9 Å². The molecule has 0 unspecified atom stereocenters. The van der Waals surface area contributed by atoms with Crippen LogP contribution in [0.3, 0.4) is 0 Å². The van der Waals surface area contributed by atoms with Crippen molar-refractivity contribution in [2.45, 2.75) is 39.6 Å². The summed E-state index contributed by atoms with van der Waals surface area (Å²) in [5.41, 5.74) is 0. The van der Waals surface area contributed by atoms with Gasteiger partial charge in [-0.25, -0.2) is 0 Å². The molecule has 7 heteroatoms. The van der Waals surface area contributed by atoms with E-state index in [1.807, 2.05) is 27.7 Å². The van der Waals surface area contributed by atoms with Gasteiger partial charge in [0, 0.05) is 0 Å². The highest BCUT2D eigenvalue weighted by Gasteiger charge is 2.34. The predicted molar refractivity (Wildman–Crippen MR) is 68.4 cm³/mol. The van der Waals surface area contributed by atoms with Crippen molar-refractivity contribution in [1.29, 1.82) is 0 Å². The van der Waals surface area contributed by atoms with Gasteiger partial charge in [-0.05, 0) is 39.5 Å². The van der Waals surface area contributed by atoms with Crippen molar-refractivity contribution in [3.05, 3.63) is 0 Å². The molecule has 1 aliphatic rings. The fraction of sp³-hybridized carbons (Fsp3) is 1.00. The number of ether oxygens (including phenoxy) is 2. The van der Waals surface area contributed by atoms with Crippen LogP contribution in [0.5, 0.6) is 0 Å². The molecule has 0 amide bonds. The summed E-state index contributed by atoms with van der Waals surface area (Å²) in [6.07, 6.45) is -0.117. The third kappa shape index (κ3) is 5.30. The summed E-state index contributed by atoms with van der Waals surface area (Å²) in [5.74, 6) is -0.548. The molecule has 5 nitrogen and oxygen atoms in total. The molecular formula is C10H21O5PS. The van der Waals surface area contributed by atoms with Gasteiger partial charge in [0.2, 0.25) is 0 Å². The van der Waals surface area contributed by atoms with Crippen molar-refractivity contribution >= 4 is 18.5 Å². The number of hydrogen-bond acceptors (Lipinski definition) is 6. The summed E-state index contributed by atoms with van der Waals surface area (Å²) in [6.45, 7) is 6.64. The monoisotopic (exact) mass is 284 g/mol. The second kappa shape index (κ2) is 6.57. The van der Waals surface area contributed by atoms with Crippen molar-refractivity contribution in [3.63, 3.8) is 0 Å². The molecule has 0 N–H and O–H groups in total. The van der Waals surface area contributed by atoms with Crippen molar-refractivity contribution < 1.29 is 23.0 Å². The first kappa shape index (κ1) is 15.5. The third-order valence-electron chi connectivity index (χ3n) is 2.06. The Morgan fingerprint density at radius 2 is 1.82 bits per heavy atom. The molecule has 0 spiro atoms. The Balaban J connectivity index is 2.40. The number of hydrogen-bond donors (Lipinski definition) is 0. The smallest absolute Gasteiger partial charge is 0.327 e. The van der Waals surface area contributed by atoms with E-state index in [-0.39, 0.29) is 6.10 Å². The van der Waals surface area contributed by atoms with Gasteiger partial charge in [-0.3, -0.25) is 0 Å². The van der Waals surface area contributed by atoms with E-state index in [0.29, 0.717) is 26.4 Å². The van der Waals surface area contributed by atoms with Crippen LogP contribution in [0.25, 0.3) is 0 Å². The minimum atomic E-state index is -2.62. The molecule has 0 aliphatic carbocycles. The van der Waals surface area contributed by atoms with E-state index in [1.165, 1.54) is 0 Å². The Labute approximate surface area is 108 Å². The SMILES string of the molecule is CCOP(=S)(OCC)OC[C@@H]1COC(C)(C)O1. The largest absolute Gasteiger partial charge is 0.348 e. The van der Waals surface area contributed by atoms with Gasteiger partial charge < -0.3 is 23.0 Å². The molecule has 1 atom stereocenters. The van der Waals surface area contributed by atoms with E-state index in [2.05, 4.69) is 0 Å². The van der Waals surface area contributed by atoms with Gasteiger partial charge in [-0.15, -0.1) is 0 Å². The van der Waals surface area contributed by atoms with Crippen LogP contribution in [0.15, 0.2) is 0 Å². The van der Waals surface area contributed by atoms with E-state index in [9.17, 15) is 0 Å². The Bertz CT molecular complexity index is 274. The van der Waals surface area contributed by atoms with Gasteiger partial charge in [0.15, 0.2) is 5.79 Å². The molecule has 1 fully saturated rings. The van der Waals surface area contributed by atoms with Crippen molar-refractivity contribution in [2.24, 2.45) is 0 Å². The van der Waals surface area contributed by atoms with Crippen LogP contribution in [0.2, 0.25) is 0 Å². The third-order valence-corrected chi connectivity index (χ3v) is 4.62. The quantitative estimate of drug-likeness (QED) is 0.669. The maximum Gasteiger partial charge on any atom is 0.327 e. The van der Waals surface area contributed by atoms with Gasteiger partial charge >= 0.3 is 6.72 Å². The Kier molecular flexibility index (Phi) is 5.99. The average Bonchev–Trinajstić information content (AvgIpc) is 2.56. The van der Waals surface area contributed by atoms with Crippen LogP contribution in [0.1, 0.15) is 27.7 Å². The highest BCUT2D eigenvalue weighted by molar-refractivity contribution is 8.07. The maximum atomic E-state index is 5.61. The van der Waals surface area contributed by atoms with Crippen LogP contribution in [0.4, 0.5) is 0 Å². The lowest BCUT2D eigenvalue weighted by Gasteiger charge is -2.22. The average molecular weight is 284 g/mol. The molecular weight excluding hydrogens is 263 g/mol. The number of rotatable bonds is 7. The van der Waals surface area contributed by atoms with Gasteiger partial charge in [-0.2, -0.15) is 0 Å². The molecule has 0 aromatic heterocycles. The highest BCUT2D eigenvalue weighted by Crippen LogP contribution is 2.50. The van der Waals surface area contributed by atoms with E-state index in [0.717, 1.165) is 0 Å². The second-order valence-corrected chi connectivity index (χ2v) is 7.04. The van der Waals surface area contributed by atoms with Crippen LogP contribution in [0, 0.1) is 0 Å². The van der Waals surface area contributed by atoms with Crippen LogP contribution < -0.4 is 0 Å². The summed E-state index contributed by atoms with van der Waals surface area (Å²) in [7, 11) is 0. The first-order valence-electron chi connectivity index (χ1n) is 5.76. The molecule has 102 valence electrons. The molecule has 0 aromatic carbocycles. The lowest BCUT2D eigenvalue weighted by molar-refractivity contribution is -0.141. The topological polar surface area (TPSA) is 46.2 Å². The molecule has 17 heavy (non-hydrogen) atoms. The van der Waals surface area contributed by atoms with Crippen molar-refractivity contribution in [1.82, 2.24) is 0 Å². The van der Waals surface area contributed by atoms with Crippen molar-refractivity contribution in [2.75, 3.05) is 26.4 Å². The minimum absolute atomic E-state index is 0.117. The highest BCUT2D eigenvalue weighted by atomic mass is 32.5. The molecule has 1 heterocycles. The van der Waals surface area contributed by atoms with Gasteiger partial charge in [-0.1, -0.05) is 0 Å². The van der Waals surface area contributed by atoms with E-state index < -0.39 is 12.5 Å². The van der Waals surface area contributed by atoms with Gasteiger partial charge in [0.25, 0.3) is 0 Å². The van der Waals surface area contributed by atoms with Crippen LogP contribution in [-0.4, -0.2) is 38.3 Å². The first-order valence-corrected chi connectivity index (χ1v) is 8.32. The van der Waals surface area contributed by atoms with Crippen LogP contribution >= 0.6 is 6.72 Å². The normalized spacial score (nSPS) is 24.1. The zero-order valence-corrected chi connectivity index (χ0v) is 12.5. The molecule has 0 aromatic rings. The summed E-state index contributed by atoms with van der Waals surface area (Å²) in [6, 6.07) is 0. The molecule has 1 rings (SSSR count). The maximum absolute atomic E-state index is 5.61. The molecule has 0 radical (unpaired) electrons. The lowest BCUT2D eigenvalue weighted by atomic mass is 10.4. The molecule has 1 aliphatic heterocycles. The van der Waals surface area contributed by atoms with Crippen molar-refractivity contribution in [3.8, 4) is 0 Å². The van der Waals surface area contributed by atoms with E-state index in [1.54, 1.807) is 0 Å². The van der Waals surface area contributed by atoms with E-state index >= 15 is 0 Å². The predicted octanol–water partition coefficient (Wildman–Crippen LogP) is 2.45. The standard InChI is InChI=1S/C10H21O5PS/c1-5-12-16(17,13-6-2)14-8-9-7-11-10(3,4)15-9/h9H,5-8H2,1-4H3/t9-/m0/s1. The Morgan fingerprint density at radius 1 is 1.24 bits per heavy atom. The second-order valence-electron chi connectivity index (χ2n) is 4.03. The zero-order valence-electron chi connectivity index (χ0n) is 10.8. The van der Waals surface area contributed by atoms with E-state index in [4.69, 9.17) is 34.9 Å². The zero-order chi connectivity index (χ0) is 12.9. The summed E-state index contributed by atoms with van der Waals surface area (Å²) in [5, 5.41) is 0. The molecule has 1 saturated heterocycles. The first-order chi connectivity index (χ1) is 7.91. The molecule has 0 saturated carbocycles. The van der Waals surface area contributed by atoms with Gasteiger partial charge in [0.05, 0.1) is 26.4 Å². The lowest BCUT2D eigenvalue weighted by Crippen LogP contribution is -2.24. The minimum Gasteiger partial charge on any atom is -0.348 e. The summed E-state index contributed by atoms with van der Waals surface area (Å²) in [4.78, 5) is 0. The Hall–Kier alpha value is 0.450. The van der Waals surface area contributed by atoms with Gasteiger partial charge in [0.1, 0.15) is 6.10 Å². The summed E-state index contributed by atoms with van der Waals surface area (Å²) >= 11 is 5.24. The molecule has 0 bridgehead atoms.